The van der Waals surface area contributed by atoms with Crippen LogP contribution >= 0.6 is 0 Å². The Kier molecular flexibility index (Phi) is 4.10. The number of hydrogen-bond donors (Lipinski definition) is 4. The molecular formula is C21H19N7. The quantitative estimate of drug-likeness (QED) is 0.362. The van der Waals surface area contributed by atoms with Crippen LogP contribution in [-0.4, -0.2) is 24.9 Å². The first-order chi connectivity index (χ1) is 13.8. The lowest BCUT2D eigenvalue weighted by molar-refractivity contribution is 1.04. The smallest absolute Gasteiger partial charge is 0.224 e. The summed E-state index contributed by atoms with van der Waals surface area (Å²) in [4.78, 5) is 19.5. The molecule has 138 valence electrons. The van der Waals surface area contributed by atoms with Crippen molar-refractivity contribution in [3.63, 3.8) is 0 Å². The molecule has 5 aromatic rings. The maximum absolute atomic E-state index is 4.55. The van der Waals surface area contributed by atoms with Gasteiger partial charge in [0, 0.05) is 31.0 Å². The van der Waals surface area contributed by atoms with Gasteiger partial charge in [-0.25, -0.2) is 9.97 Å². The minimum absolute atomic E-state index is 0.591. The zero-order valence-electron chi connectivity index (χ0n) is 15.1. The van der Waals surface area contributed by atoms with Crippen LogP contribution in [0.4, 0.5) is 11.8 Å². The SMILES string of the molecule is c1cc(NCc2ccc3[nH]ccc3c2)nc(NCc2ccc3[nH]cnc3c2)n1. The Labute approximate surface area is 161 Å². The summed E-state index contributed by atoms with van der Waals surface area (Å²) in [6, 6.07) is 16.5. The summed E-state index contributed by atoms with van der Waals surface area (Å²) in [5.74, 6) is 1.38. The van der Waals surface area contributed by atoms with Crippen LogP contribution in [0.1, 0.15) is 11.1 Å². The van der Waals surface area contributed by atoms with E-state index in [0.717, 1.165) is 27.9 Å². The number of benzene rings is 2. The Bertz CT molecular complexity index is 1140. The number of H-pyrrole nitrogens is 2. The minimum atomic E-state index is 0.591. The standard InChI is InChI=1S/C21H19N7/c1-3-17-16(5-7-22-17)9-14(1)11-24-20-6-8-23-21(28-20)25-12-15-2-4-18-19(10-15)27-13-26-18/h1-10,13,22H,11-12H2,(H,26,27)(H2,23,24,25,28). The highest BCUT2D eigenvalue weighted by molar-refractivity contribution is 5.80. The molecule has 2 aromatic carbocycles. The average molecular weight is 369 g/mol. The zero-order chi connectivity index (χ0) is 18.8. The summed E-state index contributed by atoms with van der Waals surface area (Å²) in [5, 5.41) is 7.84. The largest absolute Gasteiger partial charge is 0.366 e. The molecule has 0 fully saturated rings. The van der Waals surface area contributed by atoms with E-state index in [1.54, 1.807) is 12.5 Å². The van der Waals surface area contributed by atoms with Crippen LogP contribution in [0.2, 0.25) is 0 Å². The first-order valence-corrected chi connectivity index (χ1v) is 9.12. The van der Waals surface area contributed by atoms with Crippen LogP contribution in [0.3, 0.4) is 0 Å². The Balaban J connectivity index is 1.23. The van der Waals surface area contributed by atoms with Crippen molar-refractivity contribution in [3.05, 3.63) is 78.4 Å². The number of aromatic nitrogens is 5. The fourth-order valence-electron chi connectivity index (χ4n) is 3.22. The molecule has 0 unspecified atom stereocenters. The van der Waals surface area contributed by atoms with Gasteiger partial charge in [0.25, 0.3) is 0 Å². The summed E-state index contributed by atoms with van der Waals surface area (Å²) in [7, 11) is 0. The summed E-state index contributed by atoms with van der Waals surface area (Å²) < 4.78 is 0. The third-order valence-corrected chi connectivity index (χ3v) is 4.68. The molecule has 0 amide bonds. The van der Waals surface area contributed by atoms with E-state index in [1.807, 2.05) is 18.3 Å². The molecule has 0 bridgehead atoms. The first kappa shape index (κ1) is 16.3. The van der Waals surface area contributed by atoms with Gasteiger partial charge in [0.2, 0.25) is 5.95 Å². The van der Waals surface area contributed by atoms with Gasteiger partial charge in [-0.05, 0) is 52.9 Å². The number of anilines is 2. The van der Waals surface area contributed by atoms with Crippen molar-refractivity contribution in [2.24, 2.45) is 0 Å². The lowest BCUT2D eigenvalue weighted by atomic mass is 10.1. The third-order valence-electron chi connectivity index (χ3n) is 4.68. The van der Waals surface area contributed by atoms with Gasteiger partial charge in [-0.3, -0.25) is 0 Å². The molecule has 0 aliphatic carbocycles. The highest BCUT2D eigenvalue weighted by Gasteiger charge is 2.03. The number of imidazole rings is 1. The fraction of sp³-hybridized carbons (Fsp3) is 0.0952. The topological polar surface area (TPSA) is 94.3 Å². The number of fused-ring (bicyclic) bond motifs is 2. The molecule has 4 N–H and O–H groups in total. The second-order valence-electron chi connectivity index (χ2n) is 6.63. The van der Waals surface area contributed by atoms with Crippen molar-refractivity contribution < 1.29 is 0 Å². The van der Waals surface area contributed by atoms with E-state index < -0.39 is 0 Å². The van der Waals surface area contributed by atoms with E-state index in [-0.39, 0.29) is 0 Å². The summed E-state index contributed by atoms with van der Waals surface area (Å²) in [6.07, 6.45) is 5.41. The van der Waals surface area contributed by atoms with Crippen molar-refractivity contribution in [2.75, 3.05) is 10.6 Å². The first-order valence-electron chi connectivity index (χ1n) is 9.12. The molecule has 0 aliphatic rings. The van der Waals surface area contributed by atoms with Crippen molar-refractivity contribution in [1.82, 2.24) is 24.9 Å². The average Bonchev–Trinajstić information content (AvgIpc) is 3.39. The van der Waals surface area contributed by atoms with Crippen LogP contribution in [0.25, 0.3) is 21.9 Å². The zero-order valence-corrected chi connectivity index (χ0v) is 15.1. The Morgan fingerprint density at radius 3 is 2.61 bits per heavy atom. The van der Waals surface area contributed by atoms with Gasteiger partial charge in [-0.1, -0.05) is 12.1 Å². The molecule has 28 heavy (non-hydrogen) atoms. The Morgan fingerprint density at radius 1 is 0.786 bits per heavy atom. The fourth-order valence-corrected chi connectivity index (χ4v) is 3.22. The van der Waals surface area contributed by atoms with Crippen molar-refractivity contribution in [3.8, 4) is 0 Å². The number of nitrogens with zero attached hydrogens (tertiary/aromatic N) is 3. The van der Waals surface area contributed by atoms with E-state index in [9.17, 15) is 0 Å². The number of rotatable bonds is 6. The lowest BCUT2D eigenvalue weighted by Crippen LogP contribution is -2.06. The Morgan fingerprint density at radius 2 is 1.64 bits per heavy atom. The predicted molar refractivity (Wildman–Crippen MR) is 111 cm³/mol. The molecule has 5 rings (SSSR count). The highest BCUT2D eigenvalue weighted by Crippen LogP contribution is 2.16. The normalized spacial score (nSPS) is 11.1. The third kappa shape index (κ3) is 3.37. The summed E-state index contributed by atoms with van der Waals surface area (Å²) >= 11 is 0. The molecule has 3 aromatic heterocycles. The molecule has 0 radical (unpaired) electrons. The Hall–Kier alpha value is -3.87. The van der Waals surface area contributed by atoms with Crippen LogP contribution in [0.5, 0.6) is 0 Å². The maximum Gasteiger partial charge on any atom is 0.224 e. The van der Waals surface area contributed by atoms with Gasteiger partial charge in [-0.2, -0.15) is 4.98 Å². The summed E-state index contributed by atoms with van der Waals surface area (Å²) in [5.41, 5.74) is 5.46. The second kappa shape index (κ2) is 7.03. The molecule has 3 heterocycles. The van der Waals surface area contributed by atoms with Crippen LogP contribution < -0.4 is 10.6 Å². The van der Waals surface area contributed by atoms with Gasteiger partial charge < -0.3 is 20.6 Å². The molecular weight excluding hydrogens is 350 g/mol. The van der Waals surface area contributed by atoms with E-state index in [1.165, 1.54) is 10.9 Å². The van der Waals surface area contributed by atoms with Crippen LogP contribution in [-0.2, 0) is 13.1 Å². The summed E-state index contributed by atoms with van der Waals surface area (Å²) in [6.45, 7) is 1.34. The van der Waals surface area contributed by atoms with Gasteiger partial charge in [0.15, 0.2) is 0 Å². The maximum atomic E-state index is 4.55. The molecule has 0 saturated heterocycles. The molecule has 7 heteroatoms. The van der Waals surface area contributed by atoms with Crippen molar-refractivity contribution in [1.29, 1.82) is 0 Å². The molecule has 0 atom stereocenters. The van der Waals surface area contributed by atoms with Crippen LogP contribution in [0.15, 0.2) is 67.3 Å². The number of nitrogens with one attached hydrogen (secondary N) is 4. The minimum Gasteiger partial charge on any atom is -0.366 e. The van der Waals surface area contributed by atoms with Gasteiger partial charge in [-0.15, -0.1) is 0 Å². The van der Waals surface area contributed by atoms with E-state index in [0.29, 0.717) is 19.0 Å². The second-order valence-corrected chi connectivity index (χ2v) is 6.63. The van der Waals surface area contributed by atoms with Gasteiger partial charge in [0.1, 0.15) is 5.82 Å². The van der Waals surface area contributed by atoms with Crippen molar-refractivity contribution in [2.45, 2.75) is 13.1 Å². The molecule has 0 aliphatic heterocycles. The monoisotopic (exact) mass is 369 g/mol. The predicted octanol–water partition coefficient (Wildman–Crippen LogP) is 4.06. The molecule has 0 spiro atoms. The number of aromatic amines is 2. The molecule has 7 nitrogen and oxygen atoms in total. The lowest BCUT2D eigenvalue weighted by Gasteiger charge is -2.09. The van der Waals surface area contributed by atoms with E-state index >= 15 is 0 Å². The van der Waals surface area contributed by atoms with Gasteiger partial charge >= 0.3 is 0 Å². The van der Waals surface area contributed by atoms with Crippen molar-refractivity contribution >= 4 is 33.7 Å². The number of hydrogen-bond acceptors (Lipinski definition) is 5. The van der Waals surface area contributed by atoms with Crippen LogP contribution in [0, 0.1) is 0 Å². The van der Waals surface area contributed by atoms with E-state index in [2.05, 4.69) is 72.0 Å². The van der Waals surface area contributed by atoms with Gasteiger partial charge in [0.05, 0.1) is 17.4 Å². The molecule has 0 saturated carbocycles. The van der Waals surface area contributed by atoms with E-state index in [4.69, 9.17) is 0 Å². The highest BCUT2D eigenvalue weighted by atomic mass is 15.1.